The van der Waals surface area contributed by atoms with Crippen LogP contribution in [-0.4, -0.2) is 45.1 Å². The van der Waals surface area contributed by atoms with E-state index in [1.807, 2.05) is 11.6 Å². The number of hydrogen-bond donors (Lipinski definition) is 0. The van der Waals surface area contributed by atoms with Crippen LogP contribution in [-0.2, 0) is 24.4 Å². The van der Waals surface area contributed by atoms with Crippen molar-refractivity contribution in [3.05, 3.63) is 28.0 Å². The highest BCUT2D eigenvalue weighted by atomic mass is 32.1. The number of methoxy groups -OCH3 is 1. The zero-order valence-corrected chi connectivity index (χ0v) is 13.6. The van der Waals surface area contributed by atoms with E-state index in [1.165, 1.54) is 18.5 Å². The van der Waals surface area contributed by atoms with Crippen molar-refractivity contribution in [3.8, 4) is 0 Å². The summed E-state index contributed by atoms with van der Waals surface area (Å²) in [5, 5.41) is 12.1. The van der Waals surface area contributed by atoms with Gasteiger partial charge in [0.05, 0.1) is 18.8 Å². The number of fused-ring (bicyclic) bond motifs is 1. The maximum absolute atomic E-state index is 5.46. The van der Waals surface area contributed by atoms with Gasteiger partial charge in [-0.3, -0.25) is 4.90 Å². The first kappa shape index (κ1) is 14.3. The van der Waals surface area contributed by atoms with Crippen molar-refractivity contribution in [2.75, 3.05) is 20.3 Å². The number of hydrogen-bond acceptors (Lipinski definition) is 6. The van der Waals surface area contributed by atoms with Gasteiger partial charge in [-0.15, -0.1) is 16.4 Å². The molecule has 0 amide bonds. The average Bonchev–Trinajstić information content (AvgIpc) is 3.00. The number of nitrogens with zero attached hydrogens (tertiary/aromatic N) is 5. The van der Waals surface area contributed by atoms with E-state index < -0.39 is 0 Å². The van der Waals surface area contributed by atoms with Gasteiger partial charge in [0.1, 0.15) is 10.7 Å². The summed E-state index contributed by atoms with van der Waals surface area (Å²) < 4.78 is 7.59. The zero-order chi connectivity index (χ0) is 14.9. The molecule has 0 bridgehead atoms. The lowest BCUT2D eigenvalue weighted by molar-refractivity contribution is 0.131. The van der Waals surface area contributed by atoms with Crippen LogP contribution in [0.5, 0.6) is 0 Å². The van der Waals surface area contributed by atoms with Crippen molar-refractivity contribution in [3.63, 3.8) is 0 Å². The third kappa shape index (κ3) is 2.93. The molecular weight excluding hydrogens is 298 g/mol. The van der Waals surface area contributed by atoms with Crippen LogP contribution in [0.1, 0.15) is 35.2 Å². The van der Waals surface area contributed by atoms with Crippen LogP contribution in [0.4, 0.5) is 0 Å². The SMILES string of the molecule is COC[C@@H]1CN(Cc2nccs2)Cc2nnn(CC3CC3)c21. The highest BCUT2D eigenvalue weighted by Crippen LogP contribution is 2.34. The molecule has 2 aromatic rings. The van der Waals surface area contributed by atoms with Crippen LogP contribution in [0.3, 0.4) is 0 Å². The van der Waals surface area contributed by atoms with Crippen LogP contribution in [0.25, 0.3) is 0 Å². The normalized spacial score (nSPS) is 22.0. The summed E-state index contributed by atoms with van der Waals surface area (Å²) >= 11 is 1.71. The zero-order valence-electron chi connectivity index (χ0n) is 12.8. The maximum atomic E-state index is 5.46. The summed E-state index contributed by atoms with van der Waals surface area (Å²) in [6, 6.07) is 0. The van der Waals surface area contributed by atoms with Crippen LogP contribution in [0.2, 0.25) is 0 Å². The Morgan fingerprint density at radius 2 is 2.32 bits per heavy atom. The molecule has 1 fully saturated rings. The summed E-state index contributed by atoms with van der Waals surface area (Å²) in [7, 11) is 1.77. The van der Waals surface area contributed by atoms with Crippen molar-refractivity contribution >= 4 is 11.3 Å². The quantitative estimate of drug-likeness (QED) is 0.814. The summed E-state index contributed by atoms with van der Waals surface area (Å²) in [6.45, 7) is 4.47. The topological polar surface area (TPSA) is 56.1 Å². The van der Waals surface area contributed by atoms with E-state index in [0.29, 0.717) is 5.92 Å². The van der Waals surface area contributed by atoms with Gasteiger partial charge < -0.3 is 4.74 Å². The molecule has 22 heavy (non-hydrogen) atoms. The van der Waals surface area contributed by atoms with Gasteiger partial charge in [-0.25, -0.2) is 9.67 Å². The lowest BCUT2D eigenvalue weighted by Crippen LogP contribution is -2.36. The van der Waals surface area contributed by atoms with Crippen LogP contribution in [0.15, 0.2) is 11.6 Å². The molecule has 7 heteroatoms. The number of ether oxygens (including phenoxy) is 1. The molecule has 6 nitrogen and oxygen atoms in total. The number of rotatable bonds is 6. The van der Waals surface area contributed by atoms with E-state index in [1.54, 1.807) is 18.4 Å². The van der Waals surface area contributed by atoms with Gasteiger partial charge in [0, 0.05) is 44.2 Å². The Bertz CT molecular complexity index is 622. The van der Waals surface area contributed by atoms with Crippen molar-refractivity contribution in [1.29, 1.82) is 0 Å². The van der Waals surface area contributed by atoms with Crippen molar-refractivity contribution in [2.24, 2.45) is 5.92 Å². The summed E-state index contributed by atoms with van der Waals surface area (Å²) in [5.41, 5.74) is 2.41. The molecule has 0 N–H and O–H groups in total. The maximum Gasteiger partial charge on any atom is 0.107 e. The van der Waals surface area contributed by atoms with Crippen LogP contribution >= 0.6 is 11.3 Å². The molecule has 0 spiro atoms. The Balaban J connectivity index is 1.55. The van der Waals surface area contributed by atoms with Gasteiger partial charge in [-0.05, 0) is 18.8 Å². The summed E-state index contributed by atoms with van der Waals surface area (Å²) in [5.74, 6) is 1.16. The molecule has 1 atom stereocenters. The minimum absolute atomic E-state index is 0.350. The standard InChI is InChI=1S/C15H21N5OS/c1-21-10-12-7-19(9-14-16-4-5-22-14)8-13-15(12)20(18-17-13)6-11-2-3-11/h4-5,11-12H,2-3,6-10H2,1H3/t12-/m0/s1. The van der Waals surface area contributed by atoms with Gasteiger partial charge in [0.15, 0.2) is 0 Å². The Kier molecular flexibility index (Phi) is 3.94. The van der Waals surface area contributed by atoms with Crippen molar-refractivity contribution < 1.29 is 4.74 Å². The number of thiazole rings is 1. The van der Waals surface area contributed by atoms with Crippen molar-refractivity contribution in [1.82, 2.24) is 24.9 Å². The third-order valence-corrected chi connectivity index (χ3v) is 5.19. The minimum atomic E-state index is 0.350. The molecule has 0 saturated heterocycles. The van der Waals surface area contributed by atoms with Gasteiger partial charge in [0.25, 0.3) is 0 Å². The van der Waals surface area contributed by atoms with E-state index in [4.69, 9.17) is 4.74 Å². The van der Waals surface area contributed by atoms with Crippen LogP contribution in [0, 0.1) is 5.92 Å². The average molecular weight is 319 g/mol. The molecule has 4 rings (SSSR count). The lowest BCUT2D eigenvalue weighted by Gasteiger charge is -2.31. The Morgan fingerprint density at radius 1 is 1.41 bits per heavy atom. The first-order valence-electron chi connectivity index (χ1n) is 7.85. The van der Waals surface area contributed by atoms with E-state index >= 15 is 0 Å². The second-order valence-electron chi connectivity index (χ2n) is 6.29. The first-order valence-corrected chi connectivity index (χ1v) is 8.73. The molecule has 0 unspecified atom stereocenters. The van der Waals surface area contributed by atoms with E-state index in [-0.39, 0.29) is 0 Å². The van der Waals surface area contributed by atoms with E-state index in [0.717, 1.165) is 49.4 Å². The molecule has 3 heterocycles. The second-order valence-corrected chi connectivity index (χ2v) is 7.27. The molecule has 1 aliphatic carbocycles. The van der Waals surface area contributed by atoms with Gasteiger partial charge in [-0.2, -0.15) is 0 Å². The van der Waals surface area contributed by atoms with Crippen molar-refractivity contribution in [2.45, 2.75) is 38.4 Å². The molecule has 118 valence electrons. The largest absolute Gasteiger partial charge is 0.384 e. The first-order chi connectivity index (χ1) is 10.8. The predicted molar refractivity (Wildman–Crippen MR) is 83.6 cm³/mol. The molecule has 2 aromatic heterocycles. The highest BCUT2D eigenvalue weighted by molar-refractivity contribution is 7.09. The monoisotopic (exact) mass is 319 g/mol. The second kappa shape index (κ2) is 6.06. The molecule has 1 saturated carbocycles. The van der Waals surface area contributed by atoms with Gasteiger partial charge in [0.2, 0.25) is 0 Å². The third-order valence-electron chi connectivity index (χ3n) is 4.42. The fourth-order valence-corrected chi connectivity index (χ4v) is 3.90. The lowest BCUT2D eigenvalue weighted by atomic mass is 9.99. The molecule has 0 radical (unpaired) electrons. The molecule has 1 aliphatic heterocycles. The predicted octanol–water partition coefficient (Wildman–Crippen LogP) is 1.89. The van der Waals surface area contributed by atoms with Crippen LogP contribution < -0.4 is 0 Å². The molecule has 0 aromatic carbocycles. The fraction of sp³-hybridized carbons (Fsp3) is 0.667. The van der Waals surface area contributed by atoms with E-state index in [9.17, 15) is 0 Å². The Labute approximate surface area is 134 Å². The minimum Gasteiger partial charge on any atom is -0.384 e. The number of aromatic nitrogens is 4. The van der Waals surface area contributed by atoms with Gasteiger partial charge in [-0.1, -0.05) is 5.21 Å². The fourth-order valence-electron chi connectivity index (χ4n) is 3.25. The summed E-state index contributed by atoms with van der Waals surface area (Å²) in [6.07, 6.45) is 4.54. The summed E-state index contributed by atoms with van der Waals surface area (Å²) in [4.78, 5) is 6.80. The molecular formula is C15H21N5OS. The Morgan fingerprint density at radius 3 is 3.05 bits per heavy atom. The van der Waals surface area contributed by atoms with Gasteiger partial charge >= 0.3 is 0 Å². The van der Waals surface area contributed by atoms with E-state index in [2.05, 4.69) is 24.9 Å². The molecule has 2 aliphatic rings. The highest BCUT2D eigenvalue weighted by Gasteiger charge is 2.33. The Hall–Kier alpha value is -1.31. The smallest absolute Gasteiger partial charge is 0.107 e.